The molecule has 0 spiro atoms. The summed E-state index contributed by atoms with van der Waals surface area (Å²) in [6.07, 6.45) is 7.25. The van der Waals surface area contributed by atoms with Gasteiger partial charge < -0.3 is 19.9 Å². The van der Waals surface area contributed by atoms with Crippen molar-refractivity contribution in [3.05, 3.63) is 66.4 Å². The summed E-state index contributed by atoms with van der Waals surface area (Å²) in [6, 6.07) is 14.2. The lowest BCUT2D eigenvalue weighted by molar-refractivity contribution is 0.135. The van der Waals surface area contributed by atoms with Crippen molar-refractivity contribution >= 4 is 11.5 Å². The Morgan fingerprint density at radius 2 is 2.07 bits per heavy atom. The first-order valence-electron chi connectivity index (χ1n) is 9.57. The fraction of sp³-hybridized carbons (Fsp3) is 0.318. The minimum absolute atomic E-state index is 0.00165. The van der Waals surface area contributed by atoms with Gasteiger partial charge in [-0.3, -0.25) is 0 Å². The second-order valence-corrected chi connectivity index (χ2v) is 6.98. The number of ether oxygens (including phenoxy) is 3. The number of para-hydroxylation sites is 1. The van der Waals surface area contributed by atoms with Gasteiger partial charge in [0.2, 0.25) is 5.82 Å². The SMILES string of the molecule is COc1ccc([N+]2(c3ccccc3)C=C(CN)C=CC2)nc1O[C@@H]1CCOC1. The summed E-state index contributed by atoms with van der Waals surface area (Å²) in [5.74, 6) is 1.98. The number of methoxy groups -OCH3 is 1. The fourth-order valence-corrected chi connectivity index (χ4v) is 3.68. The molecule has 1 saturated heterocycles. The first kappa shape index (κ1) is 18.7. The van der Waals surface area contributed by atoms with Crippen LogP contribution in [0.15, 0.2) is 66.4 Å². The largest absolute Gasteiger partial charge is 0.491 e. The molecule has 0 amide bonds. The first-order chi connectivity index (χ1) is 13.7. The van der Waals surface area contributed by atoms with Gasteiger partial charge in [0.15, 0.2) is 5.75 Å². The molecule has 2 N–H and O–H groups in total. The lowest BCUT2D eigenvalue weighted by Gasteiger charge is -2.34. The zero-order valence-corrected chi connectivity index (χ0v) is 16.1. The van der Waals surface area contributed by atoms with Gasteiger partial charge in [0.25, 0.3) is 5.88 Å². The van der Waals surface area contributed by atoms with Crippen molar-refractivity contribution in [2.24, 2.45) is 5.73 Å². The molecule has 1 aromatic heterocycles. The van der Waals surface area contributed by atoms with E-state index in [4.69, 9.17) is 24.9 Å². The molecule has 2 aromatic rings. The van der Waals surface area contributed by atoms with Gasteiger partial charge >= 0.3 is 0 Å². The van der Waals surface area contributed by atoms with Gasteiger partial charge in [-0.25, -0.2) is 4.48 Å². The van der Waals surface area contributed by atoms with Gasteiger partial charge in [-0.05, 0) is 12.1 Å². The highest BCUT2D eigenvalue weighted by molar-refractivity contribution is 5.62. The number of pyridine rings is 1. The van der Waals surface area contributed by atoms with Crippen molar-refractivity contribution in [3.63, 3.8) is 0 Å². The topological polar surface area (TPSA) is 66.6 Å². The number of aromatic nitrogens is 1. The van der Waals surface area contributed by atoms with E-state index in [1.54, 1.807) is 7.11 Å². The number of hydrogen-bond donors (Lipinski definition) is 1. The molecule has 0 bridgehead atoms. The van der Waals surface area contributed by atoms with Crippen molar-refractivity contribution in [2.45, 2.75) is 12.5 Å². The molecule has 1 aromatic carbocycles. The molecule has 3 heterocycles. The third kappa shape index (κ3) is 3.54. The quantitative estimate of drug-likeness (QED) is 0.779. The van der Waals surface area contributed by atoms with E-state index in [1.807, 2.05) is 30.3 Å². The summed E-state index contributed by atoms with van der Waals surface area (Å²) in [5.41, 5.74) is 8.14. The zero-order valence-electron chi connectivity index (χ0n) is 16.1. The number of nitrogens with zero attached hydrogens (tertiary/aromatic N) is 2. The van der Waals surface area contributed by atoms with Crippen LogP contribution in [-0.4, -0.2) is 44.5 Å². The van der Waals surface area contributed by atoms with Crippen molar-refractivity contribution < 1.29 is 14.2 Å². The molecule has 2 atom stereocenters. The van der Waals surface area contributed by atoms with E-state index in [2.05, 4.69) is 30.5 Å². The number of hydrogen-bond acceptors (Lipinski definition) is 5. The minimum Gasteiger partial charge on any atom is -0.491 e. The minimum atomic E-state index is -0.00165. The smallest absolute Gasteiger partial charge is 0.262 e. The first-order valence-corrected chi connectivity index (χ1v) is 9.57. The molecular formula is C22H26N3O3+. The molecule has 0 radical (unpaired) electrons. The molecule has 28 heavy (non-hydrogen) atoms. The molecule has 1 unspecified atom stereocenters. The summed E-state index contributed by atoms with van der Waals surface area (Å²) in [6.45, 7) is 2.51. The second kappa shape index (κ2) is 8.14. The highest BCUT2D eigenvalue weighted by Crippen LogP contribution is 2.39. The van der Waals surface area contributed by atoms with Crippen LogP contribution in [0.3, 0.4) is 0 Å². The highest BCUT2D eigenvalue weighted by Gasteiger charge is 2.35. The standard InChI is InChI=1S/C22H26N3O3/c1-26-20-9-10-21(24-22(20)28-19-11-13-27-16-19)25(18-7-3-2-4-8-18)12-5-6-17(14-23)15-25/h2-10,15,19H,11-14,16,23H2,1H3/q+1/t19-,25?/m1/s1. The van der Waals surface area contributed by atoms with Crippen LogP contribution in [0.5, 0.6) is 11.6 Å². The molecule has 6 heteroatoms. The predicted octanol–water partition coefficient (Wildman–Crippen LogP) is 3.31. The molecule has 146 valence electrons. The van der Waals surface area contributed by atoms with Gasteiger partial charge in [0.1, 0.15) is 24.5 Å². The summed E-state index contributed by atoms with van der Waals surface area (Å²) < 4.78 is 17.5. The monoisotopic (exact) mass is 380 g/mol. The molecular weight excluding hydrogens is 354 g/mol. The van der Waals surface area contributed by atoms with Gasteiger partial charge in [-0.1, -0.05) is 24.3 Å². The van der Waals surface area contributed by atoms with E-state index >= 15 is 0 Å². The van der Waals surface area contributed by atoms with Crippen LogP contribution in [0, 0.1) is 0 Å². The Bertz CT molecular complexity index is 876. The maximum Gasteiger partial charge on any atom is 0.262 e. The number of nitrogens with two attached hydrogens (primary N) is 1. The Labute approximate surface area is 165 Å². The Morgan fingerprint density at radius 3 is 2.79 bits per heavy atom. The fourth-order valence-electron chi connectivity index (χ4n) is 3.68. The molecule has 2 aliphatic rings. The van der Waals surface area contributed by atoms with Gasteiger partial charge in [0, 0.05) is 36.7 Å². The van der Waals surface area contributed by atoms with Crippen molar-refractivity contribution in [1.29, 1.82) is 0 Å². The lowest BCUT2D eigenvalue weighted by atomic mass is 10.1. The van der Waals surface area contributed by atoms with Crippen molar-refractivity contribution in [2.75, 3.05) is 33.4 Å². The lowest BCUT2D eigenvalue weighted by Crippen LogP contribution is -2.41. The molecule has 0 saturated carbocycles. The molecule has 1 fully saturated rings. The summed E-state index contributed by atoms with van der Waals surface area (Å²) in [5, 5.41) is 0. The Kier molecular flexibility index (Phi) is 5.43. The van der Waals surface area contributed by atoms with E-state index in [0.717, 1.165) is 30.0 Å². The van der Waals surface area contributed by atoms with Crippen LogP contribution < -0.4 is 19.7 Å². The Hall–Kier alpha value is -2.67. The van der Waals surface area contributed by atoms with Crippen molar-refractivity contribution in [1.82, 2.24) is 9.47 Å². The number of quaternary nitrogens is 1. The number of rotatable bonds is 6. The Balaban J connectivity index is 1.80. The van der Waals surface area contributed by atoms with E-state index in [1.165, 1.54) is 0 Å². The van der Waals surface area contributed by atoms with Crippen LogP contribution in [0.2, 0.25) is 0 Å². The van der Waals surface area contributed by atoms with Crippen LogP contribution in [-0.2, 0) is 4.74 Å². The second-order valence-electron chi connectivity index (χ2n) is 6.98. The van der Waals surface area contributed by atoms with E-state index < -0.39 is 0 Å². The van der Waals surface area contributed by atoms with Gasteiger partial charge in [-0.2, -0.15) is 4.98 Å². The average molecular weight is 380 g/mol. The van der Waals surface area contributed by atoms with Crippen LogP contribution in [0.4, 0.5) is 11.5 Å². The maximum absolute atomic E-state index is 6.13. The summed E-state index contributed by atoms with van der Waals surface area (Å²) >= 11 is 0. The molecule has 2 aliphatic heterocycles. The van der Waals surface area contributed by atoms with E-state index in [9.17, 15) is 0 Å². The molecule has 0 aliphatic carbocycles. The third-order valence-electron chi connectivity index (χ3n) is 5.17. The van der Waals surface area contributed by atoms with Crippen LogP contribution in [0.1, 0.15) is 6.42 Å². The van der Waals surface area contributed by atoms with Crippen LogP contribution >= 0.6 is 0 Å². The number of benzene rings is 1. The average Bonchev–Trinajstić information content (AvgIpc) is 3.27. The summed E-state index contributed by atoms with van der Waals surface area (Å²) in [7, 11) is 1.63. The molecule has 4 rings (SSSR count). The van der Waals surface area contributed by atoms with Gasteiger partial charge in [0.05, 0.1) is 20.3 Å². The highest BCUT2D eigenvalue weighted by atomic mass is 16.6. The van der Waals surface area contributed by atoms with E-state index in [0.29, 0.717) is 35.9 Å². The Morgan fingerprint density at radius 1 is 1.21 bits per heavy atom. The zero-order chi connectivity index (χ0) is 19.4. The molecule has 6 nitrogen and oxygen atoms in total. The normalized spacial score (nSPS) is 24.1. The van der Waals surface area contributed by atoms with Crippen LogP contribution in [0.25, 0.3) is 0 Å². The van der Waals surface area contributed by atoms with Crippen molar-refractivity contribution in [3.8, 4) is 11.6 Å². The van der Waals surface area contributed by atoms with Gasteiger partial charge in [-0.15, -0.1) is 0 Å². The third-order valence-corrected chi connectivity index (χ3v) is 5.17. The summed E-state index contributed by atoms with van der Waals surface area (Å²) in [4.78, 5) is 4.90. The maximum atomic E-state index is 6.13. The van der Waals surface area contributed by atoms with E-state index in [-0.39, 0.29) is 6.10 Å². The predicted molar refractivity (Wildman–Crippen MR) is 110 cm³/mol.